The molecule has 0 spiro atoms. The fraction of sp³-hybridized carbons (Fsp3) is 0.938. The van der Waals surface area contributed by atoms with Gasteiger partial charge in [0.25, 0.3) is 0 Å². The van der Waals surface area contributed by atoms with E-state index in [2.05, 4.69) is 17.1 Å². The van der Waals surface area contributed by atoms with E-state index in [4.69, 9.17) is 4.74 Å². The summed E-state index contributed by atoms with van der Waals surface area (Å²) in [4.78, 5) is 13.7. The number of carbonyl (C=O) groups is 1. The highest BCUT2D eigenvalue weighted by Crippen LogP contribution is 2.28. The van der Waals surface area contributed by atoms with Crippen LogP contribution in [0.1, 0.15) is 46.5 Å². The molecular formula is C16H32N2O3. The number of carboxylic acid groups (broad SMARTS) is 1. The Morgan fingerprint density at radius 1 is 1.52 bits per heavy atom. The van der Waals surface area contributed by atoms with E-state index in [1.165, 1.54) is 12.8 Å². The van der Waals surface area contributed by atoms with Crippen molar-refractivity contribution in [3.63, 3.8) is 0 Å². The van der Waals surface area contributed by atoms with E-state index >= 15 is 0 Å². The van der Waals surface area contributed by atoms with Gasteiger partial charge in [-0.2, -0.15) is 0 Å². The van der Waals surface area contributed by atoms with Crippen LogP contribution in [0, 0.1) is 5.92 Å². The second-order valence-corrected chi connectivity index (χ2v) is 6.62. The number of hydrogen-bond acceptors (Lipinski definition) is 4. The van der Waals surface area contributed by atoms with E-state index in [1.807, 2.05) is 14.0 Å². The van der Waals surface area contributed by atoms with E-state index in [-0.39, 0.29) is 6.04 Å². The second kappa shape index (κ2) is 8.71. The molecule has 0 bridgehead atoms. The SMILES string of the molecule is CCCNC(C)(CC(C)N(C)CCOCC1CC1)C(=O)O. The molecule has 0 heterocycles. The molecule has 0 aromatic carbocycles. The fourth-order valence-electron chi connectivity index (χ4n) is 2.35. The summed E-state index contributed by atoms with van der Waals surface area (Å²) in [6, 6.07) is 0.194. The van der Waals surface area contributed by atoms with Crippen LogP contribution in [0.25, 0.3) is 0 Å². The number of carboxylic acids is 1. The quantitative estimate of drug-likeness (QED) is 0.540. The van der Waals surface area contributed by atoms with Crippen molar-refractivity contribution in [1.29, 1.82) is 0 Å². The lowest BCUT2D eigenvalue weighted by atomic mass is 9.93. The maximum absolute atomic E-state index is 11.5. The van der Waals surface area contributed by atoms with Crippen molar-refractivity contribution in [1.82, 2.24) is 10.2 Å². The molecule has 21 heavy (non-hydrogen) atoms. The van der Waals surface area contributed by atoms with Gasteiger partial charge in [-0.25, -0.2) is 0 Å². The zero-order chi connectivity index (χ0) is 15.9. The molecule has 5 nitrogen and oxygen atoms in total. The smallest absolute Gasteiger partial charge is 0.323 e. The minimum atomic E-state index is -0.863. The summed E-state index contributed by atoms with van der Waals surface area (Å²) < 4.78 is 5.65. The van der Waals surface area contributed by atoms with E-state index < -0.39 is 11.5 Å². The van der Waals surface area contributed by atoms with Crippen LogP contribution in [0.2, 0.25) is 0 Å². The molecule has 0 aliphatic heterocycles. The molecule has 0 radical (unpaired) electrons. The van der Waals surface area contributed by atoms with Gasteiger partial charge in [0.2, 0.25) is 0 Å². The van der Waals surface area contributed by atoms with Crippen molar-refractivity contribution in [2.75, 3.05) is 33.4 Å². The maximum atomic E-state index is 11.5. The Balaban J connectivity index is 2.32. The Labute approximate surface area is 129 Å². The first-order valence-corrected chi connectivity index (χ1v) is 8.15. The molecule has 1 aliphatic rings. The lowest BCUT2D eigenvalue weighted by molar-refractivity contribution is -0.145. The Hall–Kier alpha value is -0.650. The molecule has 2 unspecified atom stereocenters. The highest BCUT2D eigenvalue weighted by atomic mass is 16.5. The zero-order valence-electron chi connectivity index (χ0n) is 14.0. The molecule has 2 N–H and O–H groups in total. The lowest BCUT2D eigenvalue weighted by Gasteiger charge is -2.33. The van der Waals surface area contributed by atoms with Crippen molar-refractivity contribution in [3.8, 4) is 0 Å². The molecular weight excluding hydrogens is 268 g/mol. The first-order valence-electron chi connectivity index (χ1n) is 8.15. The van der Waals surface area contributed by atoms with Crippen molar-refractivity contribution in [2.45, 2.75) is 58.0 Å². The summed E-state index contributed by atoms with van der Waals surface area (Å²) >= 11 is 0. The molecule has 0 amide bonds. The summed E-state index contributed by atoms with van der Waals surface area (Å²) in [6.45, 7) is 9.08. The van der Waals surface area contributed by atoms with Gasteiger partial charge in [-0.1, -0.05) is 6.92 Å². The van der Waals surface area contributed by atoms with Gasteiger partial charge in [-0.3, -0.25) is 4.79 Å². The van der Waals surface area contributed by atoms with Crippen LogP contribution in [0.15, 0.2) is 0 Å². The van der Waals surface area contributed by atoms with E-state index in [1.54, 1.807) is 6.92 Å². The Morgan fingerprint density at radius 2 is 2.19 bits per heavy atom. The minimum absolute atomic E-state index is 0.194. The van der Waals surface area contributed by atoms with Gasteiger partial charge in [-0.05, 0) is 59.0 Å². The van der Waals surface area contributed by atoms with Crippen LogP contribution < -0.4 is 5.32 Å². The van der Waals surface area contributed by atoms with Gasteiger partial charge in [0.15, 0.2) is 0 Å². The van der Waals surface area contributed by atoms with Crippen molar-refractivity contribution in [3.05, 3.63) is 0 Å². The topological polar surface area (TPSA) is 61.8 Å². The van der Waals surface area contributed by atoms with Crippen LogP contribution in [-0.4, -0.2) is 60.9 Å². The molecule has 0 saturated heterocycles. The summed E-state index contributed by atoms with van der Waals surface area (Å²) in [6.07, 6.45) is 4.14. The molecule has 5 heteroatoms. The Morgan fingerprint density at radius 3 is 2.71 bits per heavy atom. The number of rotatable bonds is 12. The van der Waals surface area contributed by atoms with Crippen LogP contribution in [0.3, 0.4) is 0 Å². The molecule has 0 aromatic heterocycles. The van der Waals surface area contributed by atoms with Crippen molar-refractivity contribution >= 4 is 5.97 Å². The van der Waals surface area contributed by atoms with Gasteiger partial charge in [-0.15, -0.1) is 0 Å². The van der Waals surface area contributed by atoms with Gasteiger partial charge in [0, 0.05) is 19.2 Å². The van der Waals surface area contributed by atoms with Gasteiger partial charge >= 0.3 is 5.97 Å². The van der Waals surface area contributed by atoms with Gasteiger partial charge < -0.3 is 20.1 Å². The minimum Gasteiger partial charge on any atom is -0.480 e. The van der Waals surface area contributed by atoms with Gasteiger partial charge in [0.1, 0.15) is 5.54 Å². The van der Waals surface area contributed by atoms with Crippen molar-refractivity contribution in [2.24, 2.45) is 5.92 Å². The number of nitrogens with zero attached hydrogens (tertiary/aromatic N) is 1. The Bertz CT molecular complexity index is 321. The monoisotopic (exact) mass is 300 g/mol. The summed E-state index contributed by atoms with van der Waals surface area (Å²) in [7, 11) is 2.03. The molecule has 1 rings (SSSR count). The third-order valence-electron chi connectivity index (χ3n) is 4.33. The van der Waals surface area contributed by atoms with E-state index in [9.17, 15) is 9.90 Å². The van der Waals surface area contributed by atoms with E-state index in [0.717, 1.165) is 38.6 Å². The number of nitrogens with one attached hydrogen (secondary N) is 1. The maximum Gasteiger partial charge on any atom is 0.323 e. The average molecular weight is 300 g/mol. The molecule has 1 fully saturated rings. The van der Waals surface area contributed by atoms with Gasteiger partial charge in [0.05, 0.1) is 6.61 Å². The standard InChI is InChI=1S/C16H32N2O3/c1-5-8-17-16(3,15(19)20)11-13(2)18(4)9-10-21-12-14-6-7-14/h13-14,17H,5-12H2,1-4H3,(H,19,20). The number of aliphatic carboxylic acids is 1. The Kier molecular flexibility index (Phi) is 7.63. The second-order valence-electron chi connectivity index (χ2n) is 6.62. The first kappa shape index (κ1) is 18.4. The summed E-state index contributed by atoms with van der Waals surface area (Å²) in [5.41, 5.74) is -0.863. The zero-order valence-corrected chi connectivity index (χ0v) is 14.0. The lowest BCUT2D eigenvalue weighted by Crippen LogP contribution is -2.53. The van der Waals surface area contributed by atoms with Crippen LogP contribution in [-0.2, 0) is 9.53 Å². The predicted octanol–water partition coefficient (Wildman–Crippen LogP) is 1.97. The molecule has 124 valence electrons. The molecule has 2 atom stereocenters. The largest absolute Gasteiger partial charge is 0.480 e. The summed E-state index contributed by atoms with van der Waals surface area (Å²) in [5, 5.41) is 12.6. The molecule has 0 aromatic rings. The number of likely N-dealkylation sites (N-methyl/N-ethyl adjacent to an activating group) is 1. The normalized spacial score (nSPS) is 19.5. The highest BCUT2D eigenvalue weighted by molar-refractivity contribution is 5.78. The molecule has 1 aliphatic carbocycles. The van der Waals surface area contributed by atoms with Crippen molar-refractivity contribution < 1.29 is 14.6 Å². The highest BCUT2D eigenvalue weighted by Gasteiger charge is 2.34. The third-order valence-corrected chi connectivity index (χ3v) is 4.33. The van der Waals surface area contributed by atoms with Crippen LogP contribution in [0.5, 0.6) is 0 Å². The van der Waals surface area contributed by atoms with Crippen LogP contribution in [0.4, 0.5) is 0 Å². The average Bonchev–Trinajstić information content (AvgIpc) is 3.25. The number of hydrogen-bond donors (Lipinski definition) is 2. The summed E-state index contributed by atoms with van der Waals surface area (Å²) in [5.74, 6) is 0.0162. The van der Waals surface area contributed by atoms with E-state index in [0.29, 0.717) is 6.42 Å². The predicted molar refractivity (Wildman–Crippen MR) is 84.6 cm³/mol. The fourth-order valence-corrected chi connectivity index (χ4v) is 2.35. The van der Waals surface area contributed by atoms with Crippen LogP contribution >= 0.6 is 0 Å². The molecule has 1 saturated carbocycles. The third kappa shape index (κ3) is 6.76. The first-order chi connectivity index (χ1) is 9.89. The number of ether oxygens (including phenoxy) is 1.